The van der Waals surface area contributed by atoms with Gasteiger partial charge in [0.15, 0.2) is 0 Å². The van der Waals surface area contributed by atoms with Crippen molar-refractivity contribution in [2.24, 2.45) is 0 Å². The van der Waals surface area contributed by atoms with E-state index in [9.17, 15) is 19.5 Å². The van der Waals surface area contributed by atoms with Gasteiger partial charge in [-0.15, -0.1) is 0 Å². The maximum atomic E-state index is 14.2. The van der Waals surface area contributed by atoms with Crippen LogP contribution in [0.3, 0.4) is 0 Å². The molecule has 0 saturated carbocycles. The molecule has 0 unspecified atom stereocenters. The number of carbonyl (C=O) groups excluding carboxylic acids is 3. The molecule has 0 bridgehead atoms. The first kappa shape index (κ1) is 33.5. The van der Waals surface area contributed by atoms with Crippen molar-refractivity contribution in [3.05, 3.63) is 96.1 Å². The van der Waals surface area contributed by atoms with Crippen LogP contribution >= 0.6 is 0 Å². The van der Waals surface area contributed by atoms with Gasteiger partial charge < -0.3 is 25.5 Å². The van der Waals surface area contributed by atoms with Gasteiger partial charge in [-0.05, 0) is 55.2 Å². The monoisotopic (exact) mass is 586 g/mol. The highest BCUT2D eigenvalue weighted by Crippen LogP contribution is 2.20. The molecule has 0 aliphatic rings. The Bertz CT molecular complexity index is 1400. The molecular formula is C35H46N4O4. The standard InChI is InChI=1S/C35H46N4O4/c1-25(40)24-37-35(2,3)20-12-17-32(41)38(5)31(23-27-18-19-28-15-10-11-16-29(28)21-27)34(43)39(6)30(33(42)36-4)22-26-13-8-7-9-14-26/h7-19,21,25,30-31,37,40H,20,22-24H2,1-6H3,(H,36,42)/t25-,30-,31-/m1/s1. The van der Waals surface area contributed by atoms with Crippen molar-refractivity contribution < 1.29 is 19.5 Å². The summed E-state index contributed by atoms with van der Waals surface area (Å²) in [5.41, 5.74) is 1.52. The number of benzene rings is 3. The first-order chi connectivity index (χ1) is 20.4. The fourth-order valence-electron chi connectivity index (χ4n) is 5.00. The topological polar surface area (TPSA) is 102 Å². The van der Waals surface area contributed by atoms with Crippen LogP contribution < -0.4 is 10.6 Å². The summed E-state index contributed by atoms with van der Waals surface area (Å²) in [5.74, 6) is -0.899. The number of amides is 3. The van der Waals surface area contributed by atoms with Crippen molar-refractivity contribution in [1.29, 1.82) is 0 Å². The van der Waals surface area contributed by atoms with E-state index in [0.717, 1.165) is 21.9 Å². The van der Waals surface area contributed by atoms with Crippen LogP contribution in [0, 0.1) is 0 Å². The van der Waals surface area contributed by atoms with Crippen LogP contribution in [0.25, 0.3) is 10.8 Å². The highest BCUT2D eigenvalue weighted by molar-refractivity contribution is 5.95. The zero-order valence-corrected chi connectivity index (χ0v) is 26.2. The first-order valence-corrected chi connectivity index (χ1v) is 14.8. The second-order valence-corrected chi connectivity index (χ2v) is 11.8. The Labute approximate surface area is 255 Å². The maximum Gasteiger partial charge on any atom is 0.246 e. The Balaban J connectivity index is 1.88. The molecule has 8 nitrogen and oxygen atoms in total. The van der Waals surface area contributed by atoms with E-state index < -0.39 is 18.2 Å². The van der Waals surface area contributed by atoms with Crippen LogP contribution in [-0.4, -0.2) is 84.0 Å². The number of aliphatic hydroxyl groups is 1. The normalized spacial score (nSPS) is 13.8. The van der Waals surface area contributed by atoms with Gasteiger partial charge >= 0.3 is 0 Å². The molecule has 230 valence electrons. The van der Waals surface area contributed by atoms with Crippen LogP contribution in [0.15, 0.2) is 84.9 Å². The first-order valence-electron chi connectivity index (χ1n) is 14.8. The Hall–Kier alpha value is -4.01. The van der Waals surface area contributed by atoms with E-state index in [1.165, 1.54) is 15.9 Å². The summed E-state index contributed by atoms with van der Waals surface area (Å²) in [6, 6.07) is 22.0. The lowest BCUT2D eigenvalue weighted by molar-refractivity contribution is -0.146. The Kier molecular flexibility index (Phi) is 12.0. The zero-order valence-electron chi connectivity index (χ0n) is 26.2. The molecule has 0 aliphatic carbocycles. The summed E-state index contributed by atoms with van der Waals surface area (Å²) in [5, 5.41) is 17.7. The lowest BCUT2D eigenvalue weighted by atomic mass is 9.98. The number of rotatable bonds is 14. The smallest absolute Gasteiger partial charge is 0.246 e. The largest absolute Gasteiger partial charge is 0.392 e. The molecule has 3 aromatic carbocycles. The molecule has 8 heteroatoms. The fourth-order valence-corrected chi connectivity index (χ4v) is 5.00. The van der Waals surface area contributed by atoms with Gasteiger partial charge in [0, 0.05) is 46.1 Å². The molecule has 0 heterocycles. The molecule has 3 N–H and O–H groups in total. The van der Waals surface area contributed by atoms with Crippen LogP contribution in [0.1, 0.15) is 38.3 Å². The van der Waals surface area contributed by atoms with E-state index in [2.05, 4.69) is 10.6 Å². The van der Waals surface area contributed by atoms with Crippen LogP contribution in [0.5, 0.6) is 0 Å². The quantitative estimate of drug-likeness (QED) is 0.250. The lowest BCUT2D eigenvalue weighted by Crippen LogP contribution is -2.55. The van der Waals surface area contributed by atoms with Crippen LogP contribution in [-0.2, 0) is 27.2 Å². The summed E-state index contributed by atoms with van der Waals surface area (Å²) < 4.78 is 0. The Morgan fingerprint density at radius 3 is 2.14 bits per heavy atom. The van der Waals surface area contributed by atoms with Gasteiger partial charge in [-0.25, -0.2) is 0 Å². The molecule has 0 fully saturated rings. The number of likely N-dealkylation sites (N-methyl/N-ethyl adjacent to an activating group) is 3. The zero-order chi connectivity index (χ0) is 31.6. The van der Waals surface area contributed by atoms with Gasteiger partial charge in [0.25, 0.3) is 0 Å². The third-order valence-electron chi connectivity index (χ3n) is 7.74. The van der Waals surface area contributed by atoms with Gasteiger partial charge in [-0.2, -0.15) is 0 Å². The SMILES string of the molecule is CNC(=O)[C@@H](Cc1ccccc1)N(C)C(=O)[C@@H](Cc1ccc2ccccc2c1)N(C)C(=O)C=CCC(C)(C)NC[C@@H](C)O. The Morgan fingerprint density at radius 1 is 0.860 bits per heavy atom. The van der Waals surface area contributed by atoms with E-state index in [1.807, 2.05) is 86.6 Å². The summed E-state index contributed by atoms with van der Waals surface area (Å²) in [4.78, 5) is 43.6. The number of fused-ring (bicyclic) bond motifs is 1. The van der Waals surface area contributed by atoms with E-state index in [-0.39, 0.29) is 29.7 Å². The number of carbonyl (C=O) groups is 3. The molecule has 3 atom stereocenters. The highest BCUT2D eigenvalue weighted by Gasteiger charge is 2.34. The number of β-amino-alcohol motifs (C(OH)–C–C–N with tert-alkyl or cyclic N) is 1. The minimum Gasteiger partial charge on any atom is -0.392 e. The van der Waals surface area contributed by atoms with Crippen molar-refractivity contribution in [1.82, 2.24) is 20.4 Å². The average molecular weight is 587 g/mol. The van der Waals surface area contributed by atoms with E-state index in [1.54, 1.807) is 34.1 Å². The van der Waals surface area contributed by atoms with Crippen molar-refractivity contribution in [2.75, 3.05) is 27.7 Å². The molecule has 0 saturated heterocycles. The number of nitrogens with one attached hydrogen (secondary N) is 2. The number of nitrogens with zero attached hydrogens (tertiary/aromatic N) is 2. The van der Waals surface area contributed by atoms with E-state index >= 15 is 0 Å². The van der Waals surface area contributed by atoms with Gasteiger partial charge in [0.2, 0.25) is 17.7 Å². The van der Waals surface area contributed by atoms with Gasteiger partial charge in [0.1, 0.15) is 12.1 Å². The third-order valence-corrected chi connectivity index (χ3v) is 7.74. The van der Waals surface area contributed by atoms with Gasteiger partial charge in [0.05, 0.1) is 6.10 Å². The number of hydrogen-bond acceptors (Lipinski definition) is 5. The molecular weight excluding hydrogens is 540 g/mol. The van der Waals surface area contributed by atoms with Crippen molar-refractivity contribution >= 4 is 28.5 Å². The lowest BCUT2D eigenvalue weighted by Gasteiger charge is -2.34. The third kappa shape index (κ3) is 9.76. The summed E-state index contributed by atoms with van der Waals surface area (Å²) in [6.45, 7) is 6.16. The van der Waals surface area contributed by atoms with Crippen molar-refractivity contribution in [3.63, 3.8) is 0 Å². The highest BCUT2D eigenvalue weighted by atomic mass is 16.3. The molecule has 3 aromatic rings. The molecule has 0 spiro atoms. The van der Waals surface area contributed by atoms with Gasteiger partial charge in [-0.1, -0.05) is 78.9 Å². The maximum absolute atomic E-state index is 14.2. The summed E-state index contributed by atoms with van der Waals surface area (Å²) >= 11 is 0. The second kappa shape index (κ2) is 15.5. The minimum absolute atomic E-state index is 0.273. The van der Waals surface area contributed by atoms with E-state index in [0.29, 0.717) is 19.4 Å². The van der Waals surface area contributed by atoms with Crippen LogP contribution in [0.4, 0.5) is 0 Å². The van der Waals surface area contributed by atoms with Crippen molar-refractivity contribution in [2.45, 2.75) is 63.8 Å². The average Bonchev–Trinajstić information content (AvgIpc) is 3.00. The predicted octanol–water partition coefficient (Wildman–Crippen LogP) is 3.72. The summed E-state index contributed by atoms with van der Waals surface area (Å²) in [6.07, 6.45) is 3.99. The number of hydrogen-bond donors (Lipinski definition) is 3. The molecule has 43 heavy (non-hydrogen) atoms. The van der Waals surface area contributed by atoms with Crippen LogP contribution in [0.2, 0.25) is 0 Å². The molecule has 0 aromatic heterocycles. The minimum atomic E-state index is -0.840. The predicted molar refractivity (Wildman–Crippen MR) is 173 cm³/mol. The molecule has 0 radical (unpaired) electrons. The number of aliphatic hydroxyl groups excluding tert-OH is 1. The second-order valence-electron chi connectivity index (χ2n) is 11.8. The Morgan fingerprint density at radius 2 is 1.49 bits per heavy atom. The fraction of sp³-hybridized carbons (Fsp3) is 0.400. The molecule has 3 rings (SSSR count). The molecule has 3 amide bonds. The van der Waals surface area contributed by atoms with Crippen molar-refractivity contribution in [3.8, 4) is 0 Å². The summed E-state index contributed by atoms with van der Waals surface area (Å²) in [7, 11) is 4.82. The molecule has 0 aliphatic heterocycles. The van der Waals surface area contributed by atoms with Gasteiger partial charge in [-0.3, -0.25) is 14.4 Å². The van der Waals surface area contributed by atoms with E-state index in [4.69, 9.17) is 0 Å².